The van der Waals surface area contributed by atoms with Crippen LogP contribution in [0.5, 0.6) is 0 Å². The van der Waals surface area contributed by atoms with Crippen molar-refractivity contribution in [1.82, 2.24) is 16.0 Å². The van der Waals surface area contributed by atoms with Crippen LogP contribution in [0.15, 0.2) is 0 Å². The topological polar surface area (TPSA) is 151 Å². The van der Waals surface area contributed by atoms with Crippen molar-refractivity contribution in [3.63, 3.8) is 0 Å². The Labute approximate surface area is 379 Å². The Morgan fingerprint density at radius 3 is 1.29 bits per heavy atom. The normalized spacial score (nSPS) is 11.8. The number of ketones is 1. The fourth-order valence-electron chi connectivity index (χ4n) is 7.21. The highest BCUT2D eigenvalue weighted by Crippen LogP contribution is 2.18. The molecule has 0 aromatic carbocycles. The molecular weight excluding hydrogens is 787 g/mol. The molecular formula is C50H97N3O9. The number of carbonyl (C=O) groups is 4. The first-order valence-corrected chi connectivity index (χ1v) is 25.7. The maximum atomic E-state index is 13.3. The summed E-state index contributed by atoms with van der Waals surface area (Å²) in [5.74, 6) is -0.137. The Bertz CT molecular complexity index is 1000. The predicted octanol–water partition coefficient (Wildman–Crippen LogP) is 9.98. The van der Waals surface area contributed by atoms with Crippen molar-refractivity contribution >= 4 is 23.5 Å². The van der Waals surface area contributed by atoms with Gasteiger partial charge in [-0.25, -0.2) is 0 Å². The number of hydrogen-bond acceptors (Lipinski definition) is 9. The molecule has 0 saturated heterocycles. The Morgan fingerprint density at radius 1 is 0.371 bits per heavy atom. The molecule has 0 aromatic rings. The summed E-state index contributed by atoms with van der Waals surface area (Å²) in [5, 5.41) is 8.97. The molecule has 0 saturated carbocycles. The average Bonchev–Trinajstić information content (AvgIpc) is 3.26. The van der Waals surface area contributed by atoms with Crippen molar-refractivity contribution in [3.05, 3.63) is 0 Å². The number of carbonyl (C=O) groups excluding carboxylic acids is 4. The molecule has 0 aromatic heterocycles. The summed E-state index contributed by atoms with van der Waals surface area (Å²) in [7, 11) is 0. The Hall–Kier alpha value is -2.12. The van der Waals surface area contributed by atoms with Crippen LogP contribution < -0.4 is 16.0 Å². The van der Waals surface area contributed by atoms with Gasteiger partial charge >= 0.3 is 0 Å². The average molecular weight is 884 g/mol. The molecule has 12 heteroatoms. The molecule has 1 unspecified atom stereocenters. The van der Waals surface area contributed by atoms with Gasteiger partial charge in [0.2, 0.25) is 17.7 Å². The van der Waals surface area contributed by atoms with Gasteiger partial charge in [0.15, 0.2) is 0 Å². The molecule has 3 N–H and O–H groups in total. The van der Waals surface area contributed by atoms with Crippen LogP contribution in [-0.4, -0.2) is 109 Å². The Kier molecular flexibility index (Phi) is 48.2. The lowest BCUT2D eigenvalue weighted by molar-refractivity contribution is -0.129. The van der Waals surface area contributed by atoms with Crippen molar-refractivity contribution < 1.29 is 42.9 Å². The van der Waals surface area contributed by atoms with E-state index in [0.29, 0.717) is 118 Å². The van der Waals surface area contributed by atoms with Crippen LogP contribution in [0.4, 0.5) is 0 Å². The highest BCUT2D eigenvalue weighted by molar-refractivity contribution is 5.86. The number of unbranched alkanes of at least 4 members (excludes halogenated alkanes) is 19. The lowest BCUT2D eigenvalue weighted by atomic mass is 9.93. The second-order valence-electron chi connectivity index (χ2n) is 16.9. The fourth-order valence-corrected chi connectivity index (χ4v) is 7.21. The van der Waals surface area contributed by atoms with E-state index in [4.69, 9.17) is 23.7 Å². The van der Waals surface area contributed by atoms with Crippen LogP contribution in [0.2, 0.25) is 0 Å². The van der Waals surface area contributed by atoms with E-state index in [1.165, 1.54) is 103 Å². The van der Waals surface area contributed by atoms with Gasteiger partial charge < -0.3 is 39.6 Å². The van der Waals surface area contributed by atoms with E-state index >= 15 is 0 Å². The highest BCUT2D eigenvalue weighted by atomic mass is 16.5. The third kappa shape index (κ3) is 45.9. The summed E-state index contributed by atoms with van der Waals surface area (Å²) < 4.78 is 27.4. The monoisotopic (exact) mass is 884 g/mol. The fraction of sp³-hybridized carbons (Fsp3) is 0.920. The van der Waals surface area contributed by atoms with Gasteiger partial charge in [-0.3, -0.25) is 19.2 Å². The minimum atomic E-state index is -0.343. The SMILES string of the molecule is CCCCCCCCCCCCCC(=O)CC(CCCCNC(=O)CCCCCCCCCCC)C(=O)NCCCOCCOCCOCCCNC(=O)CCOCCOCC. The number of nitrogens with one attached hydrogen (secondary N) is 3. The van der Waals surface area contributed by atoms with E-state index in [-0.39, 0.29) is 35.8 Å². The van der Waals surface area contributed by atoms with E-state index in [1.807, 2.05) is 6.92 Å². The number of amides is 3. The second-order valence-corrected chi connectivity index (χ2v) is 16.9. The molecule has 0 rings (SSSR count). The maximum Gasteiger partial charge on any atom is 0.223 e. The molecule has 0 aliphatic rings. The summed E-state index contributed by atoms with van der Waals surface area (Å²) in [6.45, 7) is 13.1. The predicted molar refractivity (Wildman–Crippen MR) is 253 cm³/mol. The van der Waals surface area contributed by atoms with E-state index < -0.39 is 0 Å². The summed E-state index contributed by atoms with van der Waals surface area (Å²) in [5.41, 5.74) is 0. The molecule has 0 spiro atoms. The van der Waals surface area contributed by atoms with E-state index in [0.717, 1.165) is 44.9 Å². The summed E-state index contributed by atoms with van der Waals surface area (Å²) in [6.07, 6.45) is 30.2. The number of Topliss-reactive ketones (excluding diaryl/α,β-unsaturated/α-hetero) is 1. The van der Waals surface area contributed by atoms with Crippen LogP contribution in [0, 0.1) is 5.92 Å². The van der Waals surface area contributed by atoms with E-state index in [9.17, 15) is 19.2 Å². The zero-order valence-electron chi connectivity index (χ0n) is 40.5. The first-order valence-electron chi connectivity index (χ1n) is 25.7. The highest BCUT2D eigenvalue weighted by Gasteiger charge is 2.21. The van der Waals surface area contributed by atoms with Gasteiger partial charge in [0.05, 0.1) is 46.2 Å². The van der Waals surface area contributed by atoms with Crippen LogP contribution in [0.1, 0.15) is 207 Å². The zero-order valence-corrected chi connectivity index (χ0v) is 40.5. The van der Waals surface area contributed by atoms with Crippen molar-refractivity contribution in [2.24, 2.45) is 5.92 Å². The van der Waals surface area contributed by atoms with Gasteiger partial charge in [-0.1, -0.05) is 136 Å². The van der Waals surface area contributed by atoms with Gasteiger partial charge in [-0.15, -0.1) is 0 Å². The molecule has 12 nitrogen and oxygen atoms in total. The van der Waals surface area contributed by atoms with Crippen LogP contribution in [0.25, 0.3) is 0 Å². The van der Waals surface area contributed by atoms with Crippen molar-refractivity contribution in [2.45, 2.75) is 207 Å². The largest absolute Gasteiger partial charge is 0.379 e. The Morgan fingerprint density at radius 2 is 0.774 bits per heavy atom. The summed E-state index contributed by atoms with van der Waals surface area (Å²) in [4.78, 5) is 50.5. The molecule has 366 valence electrons. The lowest BCUT2D eigenvalue weighted by Crippen LogP contribution is -2.33. The number of hydrogen-bond donors (Lipinski definition) is 3. The minimum Gasteiger partial charge on any atom is -0.379 e. The van der Waals surface area contributed by atoms with E-state index in [2.05, 4.69) is 29.8 Å². The lowest BCUT2D eigenvalue weighted by Gasteiger charge is -2.17. The smallest absolute Gasteiger partial charge is 0.223 e. The molecule has 62 heavy (non-hydrogen) atoms. The van der Waals surface area contributed by atoms with Gasteiger partial charge in [0, 0.05) is 71.1 Å². The number of rotatable bonds is 51. The molecule has 0 aliphatic carbocycles. The van der Waals surface area contributed by atoms with Crippen LogP contribution >= 0.6 is 0 Å². The van der Waals surface area contributed by atoms with Crippen molar-refractivity contribution in [3.8, 4) is 0 Å². The van der Waals surface area contributed by atoms with Crippen molar-refractivity contribution in [2.75, 3.05) is 85.7 Å². The molecule has 0 heterocycles. The third-order valence-electron chi connectivity index (χ3n) is 11.1. The molecule has 1 atom stereocenters. The molecule has 0 radical (unpaired) electrons. The first-order chi connectivity index (χ1) is 30.4. The maximum absolute atomic E-state index is 13.3. The van der Waals surface area contributed by atoms with Gasteiger partial charge in [0.25, 0.3) is 0 Å². The van der Waals surface area contributed by atoms with Crippen molar-refractivity contribution in [1.29, 1.82) is 0 Å². The van der Waals surface area contributed by atoms with Crippen LogP contribution in [0.3, 0.4) is 0 Å². The second kappa shape index (κ2) is 49.9. The molecule has 0 aliphatic heterocycles. The first kappa shape index (κ1) is 59.9. The molecule has 3 amide bonds. The van der Waals surface area contributed by atoms with Gasteiger partial charge in [-0.2, -0.15) is 0 Å². The standard InChI is InChI=1S/C50H97N3O9/c1-4-7-9-11-13-15-16-18-19-21-23-30-47(54)45-46(29-25-26-33-51-48(55)31-24-22-20-17-14-12-10-8-5-2)50(57)53-35-28-37-60-42-44-62-43-41-59-36-27-34-52-49(56)32-38-61-40-39-58-6-3/h46H,4-45H2,1-3H3,(H,51,55)(H,52,56)(H,53,57). The van der Waals surface area contributed by atoms with Gasteiger partial charge in [-0.05, 0) is 45.4 Å². The summed E-state index contributed by atoms with van der Waals surface area (Å²) in [6, 6.07) is 0. The quantitative estimate of drug-likeness (QED) is 0.0508. The summed E-state index contributed by atoms with van der Waals surface area (Å²) >= 11 is 0. The van der Waals surface area contributed by atoms with Crippen LogP contribution in [-0.2, 0) is 42.9 Å². The number of ether oxygens (including phenoxy) is 5. The third-order valence-corrected chi connectivity index (χ3v) is 11.1. The van der Waals surface area contributed by atoms with E-state index in [1.54, 1.807) is 0 Å². The minimum absolute atomic E-state index is 0.0305. The molecule has 0 fully saturated rings. The Balaban J connectivity index is 4.22. The zero-order chi connectivity index (χ0) is 45.2. The van der Waals surface area contributed by atoms with Gasteiger partial charge in [0.1, 0.15) is 5.78 Å². The molecule has 0 bridgehead atoms.